The van der Waals surface area contributed by atoms with E-state index in [1.54, 1.807) is 0 Å². The fraction of sp³-hybridized carbons (Fsp3) is 0.500. The van der Waals surface area contributed by atoms with Crippen LogP contribution in [0.25, 0.3) is 11.0 Å². The van der Waals surface area contributed by atoms with Gasteiger partial charge in [-0.1, -0.05) is 0 Å². The summed E-state index contributed by atoms with van der Waals surface area (Å²) in [6.07, 6.45) is 4.50. The van der Waals surface area contributed by atoms with Crippen molar-refractivity contribution in [2.75, 3.05) is 17.8 Å². The molecule has 2 aromatic heterocycles. The molecule has 0 fully saturated rings. The molecular weight excluding hydrogens is 278 g/mol. The molecule has 0 aliphatic heterocycles. The monoisotopic (exact) mass is 297 g/mol. The van der Waals surface area contributed by atoms with Crippen LogP contribution in [0.5, 0.6) is 0 Å². The molecule has 110 valence electrons. The predicted octanol–water partition coefficient (Wildman–Crippen LogP) is 1.30. The molecule has 2 rings (SSSR count). The first kappa shape index (κ1) is 14.7. The predicted molar refractivity (Wildman–Crippen MR) is 78.9 cm³/mol. The van der Waals surface area contributed by atoms with Crippen molar-refractivity contribution in [2.45, 2.75) is 26.8 Å². The summed E-state index contributed by atoms with van der Waals surface area (Å²) in [6.45, 7) is 6.44. The summed E-state index contributed by atoms with van der Waals surface area (Å²) in [6, 6.07) is 2.17. The summed E-state index contributed by atoms with van der Waals surface area (Å²) >= 11 is 0. The molecule has 0 saturated carbocycles. The smallest absolute Gasteiger partial charge is 0.225 e. The Labute approximate surface area is 118 Å². The molecule has 0 unspecified atom stereocenters. The van der Waals surface area contributed by atoms with Gasteiger partial charge in [-0.05, 0) is 26.8 Å². The summed E-state index contributed by atoms with van der Waals surface area (Å²) in [5, 5.41) is 2.32. The number of nitrogens with zero attached hydrogens (tertiary/aromatic N) is 4. The Morgan fingerprint density at radius 3 is 2.65 bits per heavy atom. The molecule has 2 heterocycles. The Hall–Kier alpha value is -1.67. The molecule has 0 saturated heterocycles. The quantitative estimate of drug-likeness (QED) is 0.842. The fourth-order valence-electron chi connectivity index (χ4n) is 2.05. The van der Waals surface area contributed by atoms with Crippen LogP contribution in [0.4, 0.5) is 5.82 Å². The molecule has 7 nitrogen and oxygen atoms in total. The first-order valence-corrected chi connectivity index (χ1v) is 8.29. The van der Waals surface area contributed by atoms with Crippen molar-refractivity contribution in [3.63, 3.8) is 0 Å². The second-order valence-electron chi connectivity index (χ2n) is 4.86. The van der Waals surface area contributed by atoms with Gasteiger partial charge in [0.25, 0.3) is 0 Å². The van der Waals surface area contributed by atoms with Crippen molar-refractivity contribution < 1.29 is 8.42 Å². The number of nitrogens with one attached hydrogen (secondary N) is 1. The van der Waals surface area contributed by atoms with Gasteiger partial charge < -0.3 is 4.57 Å². The number of hydrazine groups is 1. The number of fused-ring (bicyclic) bond motifs is 1. The third-order valence-electron chi connectivity index (χ3n) is 2.89. The highest BCUT2D eigenvalue weighted by molar-refractivity contribution is 7.88. The van der Waals surface area contributed by atoms with E-state index in [-0.39, 0.29) is 6.04 Å². The van der Waals surface area contributed by atoms with Crippen LogP contribution in [0.3, 0.4) is 0 Å². The summed E-state index contributed by atoms with van der Waals surface area (Å²) < 4.78 is 24.9. The zero-order valence-electron chi connectivity index (χ0n) is 12.0. The third-order valence-corrected chi connectivity index (χ3v) is 3.44. The van der Waals surface area contributed by atoms with E-state index >= 15 is 0 Å². The third kappa shape index (κ3) is 2.91. The zero-order chi connectivity index (χ0) is 14.9. The van der Waals surface area contributed by atoms with Crippen LogP contribution in [-0.2, 0) is 10.0 Å². The van der Waals surface area contributed by atoms with Gasteiger partial charge in [0.15, 0.2) is 5.82 Å². The zero-order valence-corrected chi connectivity index (χ0v) is 12.8. The lowest BCUT2D eigenvalue weighted by Gasteiger charge is -2.22. The van der Waals surface area contributed by atoms with Crippen molar-refractivity contribution in [3.05, 3.63) is 18.6 Å². The number of hydrogen-bond acceptors (Lipinski definition) is 5. The highest BCUT2D eigenvalue weighted by atomic mass is 32.2. The summed E-state index contributed by atoms with van der Waals surface area (Å²) in [5.41, 5.74) is 0.791. The molecule has 2 aromatic rings. The Kier molecular flexibility index (Phi) is 3.96. The molecule has 1 N–H and O–H groups in total. The van der Waals surface area contributed by atoms with E-state index in [1.165, 1.54) is 11.3 Å². The summed E-state index contributed by atoms with van der Waals surface area (Å²) in [4.78, 5) is 11.0. The molecule has 8 heteroatoms. The molecule has 0 amide bonds. The Bertz CT molecular complexity index is 708. The van der Waals surface area contributed by atoms with Gasteiger partial charge in [-0.25, -0.2) is 18.4 Å². The molecule has 0 atom stereocenters. The molecular formula is C12H19N5O2S. The van der Waals surface area contributed by atoms with Crippen molar-refractivity contribution in [2.24, 2.45) is 0 Å². The van der Waals surface area contributed by atoms with E-state index in [0.717, 1.165) is 17.3 Å². The Morgan fingerprint density at radius 1 is 1.40 bits per heavy atom. The molecule has 20 heavy (non-hydrogen) atoms. The average Bonchev–Trinajstić information content (AvgIpc) is 2.78. The number of sulfonamides is 1. The van der Waals surface area contributed by atoms with Crippen LogP contribution in [0, 0.1) is 0 Å². The second kappa shape index (κ2) is 5.37. The molecule has 0 radical (unpaired) electrons. The molecule has 0 bridgehead atoms. The maximum atomic E-state index is 11.4. The van der Waals surface area contributed by atoms with Gasteiger partial charge >= 0.3 is 0 Å². The standard InChI is InChI=1S/C12H19N5O2S/c1-5-17(15-20(4,18)19)12-10-6-7-16(9(2)3)11(10)13-8-14-12/h6-9,15H,5H2,1-4H3. The van der Waals surface area contributed by atoms with E-state index in [1.807, 2.05) is 23.8 Å². The highest BCUT2D eigenvalue weighted by Gasteiger charge is 2.17. The molecule has 0 aromatic carbocycles. The van der Waals surface area contributed by atoms with Crippen molar-refractivity contribution >= 4 is 26.9 Å². The van der Waals surface area contributed by atoms with Crippen LogP contribution in [0.1, 0.15) is 26.8 Å². The topological polar surface area (TPSA) is 80.1 Å². The van der Waals surface area contributed by atoms with Crippen LogP contribution >= 0.6 is 0 Å². The van der Waals surface area contributed by atoms with Crippen molar-refractivity contribution in [1.29, 1.82) is 0 Å². The van der Waals surface area contributed by atoms with Gasteiger partial charge in [-0.15, -0.1) is 4.83 Å². The van der Waals surface area contributed by atoms with Crippen molar-refractivity contribution in [3.8, 4) is 0 Å². The highest BCUT2D eigenvalue weighted by Crippen LogP contribution is 2.25. The average molecular weight is 297 g/mol. The SMILES string of the molecule is CCN(NS(C)(=O)=O)c1ncnc2c1ccn2C(C)C. The molecule has 0 aliphatic rings. The summed E-state index contributed by atoms with van der Waals surface area (Å²) in [5.74, 6) is 0.558. The van der Waals surface area contributed by atoms with Gasteiger partial charge in [0.1, 0.15) is 12.0 Å². The van der Waals surface area contributed by atoms with Gasteiger partial charge in [0.05, 0.1) is 11.6 Å². The molecule has 0 spiro atoms. The van der Waals surface area contributed by atoms with Gasteiger partial charge in [0.2, 0.25) is 10.0 Å². The maximum Gasteiger partial charge on any atom is 0.225 e. The first-order chi connectivity index (χ1) is 9.33. The minimum atomic E-state index is -3.35. The number of aromatic nitrogens is 3. The molecule has 0 aliphatic carbocycles. The van der Waals surface area contributed by atoms with Gasteiger partial charge in [0, 0.05) is 18.8 Å². The number of hydrogen-bond donors (Lipinski definition) is 1. The van der Waals surface area contributed by atoms with E-state index in [9.17, 15) is 8.42 Å². The fourth-order valence-corrected chi connectivity index (χ4v) is 2.66. The van der Waals surface area contributed by atoms with E-state index in [4.69, 9.17) is 0 Å². The number of rotatable bonds is 5. The van der Waals surface area contributed by atoms with Gasteiger partial charge in [-0.2, -0.15) is 0 Å². The van der Waals surface area contributed by atoms with Gasteiger partial charge in [-0.3, -0.25) is 5.01 Å². The normalized spacial score (nSPS) is 12.2. The summed E-state index contributed by atoms with van der Waals surface area (Å²) in [7, 11) is -3.35. The first-order valence-electron chi connectivity index (χ1n) is 6.40. The lowest BCUT2D eigenvalue weighted by atomic mass is 10.3. The van der Waals surface area contributed by atoms with Crippen molar-refractivity contribution in [1.82, 2.24) is 19.4 Å². The maximum absolute atomic E-state index is 11.4. The van der Waals surface area contributed by atoms with Crippen LogP contribution in [0.2, 0.25) is 0 Å². The Balaban J connectivity index is 2.54. The minimum Gasteiger partial charge on any atom is -0.330 e. The van der Waals surface area contributed by atoms with E-state index < -0.39 is 10.0 Å². The van der Waals surface area contributed by atoms with Crippen LogP contribution in [-0.4, -0.2) is 35.8 Å². The van der Waals surface area contributed by atoms with E-state index in [2.05, 4.69) is 28.6 Å². The lowest BCUT2D eigenvalue weighted by molar-refractivity contribution is 0.582. The number of anilines is 1. The minimum absolute atomic E-state index is 0.271. The largest absolute Gasteiger partial charge is 0.330 e. The van der Waals surface area contributed by atoms with E-state index in [0.29, 0.717) is 12.4 Å². The lowest BCUT2D eigenvalue weighted by Crippen LogP contribution is -2.42. The van der Waals surface area contributed by atoms with Crippen LogP contribution < -0.4 is 9.84 Å². The Morgan fingerprint density at radius 2 is 2.10 bits per heavy atom. The second-order valence-corrected chi connectivity index (χ2v) is 6.59. The van der Waals surface area contributed by atoms with Crippen LogP contribution in [0.15, 0.2) is 18.6 Å².